The highest BCUT2D eigenvalue weighted by Gasteiger charge is 2.29. The van der Waals surface area contributed by atoms with Crippen LogP contribution in [-0.2, 0) is 11.3 Å². The van der Waals surface area contributed by atoms with Crippen LogP contribution in [0.2, 0.25) is 0 Å². The number of carbonyl (C=O) groups is 2. The molecule has 0 spiro atoms. The van der Waals surface area contributed by atoms with Crippen molar-refractivity contribution in [1.82, 2.24) is 14.9 Å². The SMILES string of the molecule is CC(C)(C)OC(=O)n1cc(C(=O)C2=CSC(c3cccnc3)N2)c2cccc(OCc3ccccc3)c21. The second-order valence-electron chi connectivity index (χ2n) is 9.63. The minimum Gasteiger partial charge on any atom is -0.487 e. The van der Waals surface area contributed by atoms with E-state index in [1.165, 1.54) is 16.3 Å². The first-order chi connectivity index (χ1) is 17.8. The van der Waals surface area contributed by atoms with Gasteiger partial charge in [-0.3, -0.25) is 9.78 Å². The molecule has 0 saturated heterocycles. The molecule has 3 heterocycles. The number of thioether (sulfide) groups is 1. The van der Waals surface area contributed by atoms with Crippen molar-refractivity contribution in [3.8, 4) is 5.75 Å². The van der Waals surface area contributed by atoms with Gasteiger partial charge in [-0.2, -0.15) is 0 Å². The number of allylic oxidation sites excluding steroid dienone is 1. The molecule has 37 heavy (non-hydrogen) atoms. The maximum Gasteiger partial charge on any atom is 0.419 e. The zero-order valence-corrected chi connectivity index (χ0v) is 21.6. The Morgan fingerprint density at radius 2 is 1.86 bits per heavy atom. The van der Waals surface area contributed by atoms with Gasteiger partial charge in [0.05, 0.1) is 11.3 Å². The van der Waals surface area contributed by atoms with Crippen LogP contribution in [0.15, 0.2) is 90.4 Å². The number of carbonyl (C=O) groups excluding carboxylic acids is 2. The summed E-state index contributed by atoms with van der Waals surface area (Å²) in [4.78, 5) is 31.1. The van der Waals surface area contributed by atoms with Crippen LogP contribution in [0.25, 0.3) is 10.9 Å². The number of rotatable bonds is 6. The average Bonchev–Trinajstić information content (AvgIpc) is 3.53. The van der Waals surface area contributed by atoms with Crippen LogP contribution in [0.5, 0.6) is 5.75 Å². The van der Waals surface area contributed by atoms with Crippen LogP contribution in [0.4, 0.5) is 4.79 Å². The molecule has 5 rings (SSSR count). The van der Waals surface area contributed by atoms with E-state index < -0.39 is 11.7 Å². The van der Waals surface area contributed by atoms with Gasteiger partial charge in [0.1, 0.15) is 28.8 Å². The monoisotopic (exact) mass is 513 g/mol. The van der Waals surface area contributed by atoms with Crippen molar-refractivity contribution in [3.63, 3.8) is 0 Å². The van der Waals surface area contributed by atoms with Crippen LogP contribution in [0, 0.1) is 0 Å². The first kappa shape index (κ1) is 24.6. The molecule has 0 aliphatic carbocycles. The molecule has 4 aromatic rings. The second-order valence-corrected chi connectivity index (χ2v) is 10.6. The molecule has 8 heteroatoms. The standard InChI is InChI=1S/C29H27N3O4S/c1-29(2,3)36-28(34)32-16-22(26(33)23-18-37-27(31-23)20-11-8-14-30-15-20)21-12-7-13-24(25(21)32)35-17-19-9-5-4-6-10-19/h4-16,18,27,31H,17H2,1-3H3. The molecular formula is C29H27N3O4S. The van der Waals surface area contributed by atoms with Crippen molar-refractivity contribution < 1.29 is 19.1 Å². The van der Waals surface area contributed by atoms with Crippen molar-refractivity contribution in [2.24, 2.45) is 0 Å². The van der Waals surface area contributed by atoms with Crippen LogP contribution < -0.4 is 10.1 Å². The zero-order valence-electron chi connectivity index (χ0n) is 20.8. The minimum atomic E-state index is -0.708. The van der Waals surface area contributed by atoms with E-state index in [1.807, 2.05) is 60.0 Å². The summed E-state index contributed by atoms with van der Waals surface area (Å²) in [6.45, 7) is 5.73. The third-order valence-electron chi connectivity index (χ3n) is 5.70. The van der Waals surface area contributed by atoms with Gasteiger partial charge in [-0.1, -0.05) is 48.5 Å². The van der Waals surface area contributed by atoms with E-state index in [4.69, 9.17) is 9.47 Å². The number of hydrogen-bond donors (Lipinski definition) is 1. The van der Waals surface area contributed by atoms with Gasteiger partial charge in [0.15, 0.2) is 0 Å². The van der Waals surface area contributed by atoms with Crippen molar-refractivity contribution in [3.05, 3.63) is 107 Å². The summed E-state index contributed by atoms with van der Waals surface area (Å²) in [6, 6.07) is 19.0. The van der Waals surface area contributed by atoms with Crippen LogP contribution >= 0.6 is 11.8 Å². The predicted octanol–water partition coefficient (Wildman–Crippen LogP) is 6.46. The van der Waals surface area contributed by atoms with E-state index in [9.17, 15) is 9.59 Å². The molecule has 0 fully saturated rings. The Labute approximate surface area is 219 Å². The number of nitrogens with zero attached hydrogens (tertiary/aromatic N) is 2. The van der Waals surface area contributed by atoms with Crippen molar-refractivity contribution in [1.29, 1.82) is 0 Å². The summed E-state index contributed by atoms with van der Waals surface area (Å²) in [6.07, 6.45) is 4.45. The number of nitrogens with one attached hydrogen (secondary N) is 1. The Bertz CT molecular complexity index is 1470. The molecule has 1 unspecified atom stereocenters. The van der Waals surface area contributed by atoms with Crippen molar-refractivity contribution >= 4 is 34.5 Å². The molecule has 1 N–H and O–H groups in total. The van der Waals surface area contributed by atoms with Gasteiger partial charge in [-0.25, -0.2) is 9.36 Å². The van der Waals surface area contributed by atoms with Crippen molar-refractivity contribution in [2.75, 3.05) is 0 Å². The lowest BCUT2D eigenvalue weighted by Crippen LogP contribution is -2.27. The molecule has 2 aromatic heterocycles. The topological polar surface area (TPSA) is 82.5 Å². The van der Waals surface area contributed by atoms with Gasteiger partial charge in [0.25, 0.3) is 0 Å². The number of Topliss-reactive ketones (excluding diaryl/α,β-unsaturated/α-hetero) is 1. The maximum atomic E-state index is 13.7. The summed E-state index contributed by atoms with van der Waals surface area (Å²) in [5, 5.41) is 5.59. The smallest absolute Gasteiger partial charge is 0.419 e. The summed E-state index contributed by atoms with van der Waals surface area (Å²) in [5.74, 6) is 0.272. The molecule has 0 amide bonds. The summed E-state index contributed by atoms with van der Waals surface area (Å²) >= 11 is 1.50. The number of pyridine rings is 1. The van der Waals surface area contributed by atoms with Gasteiger partial charge in [0.2, 0.25) is 5.78 Å². The maximum absolute atomic E-state index is 13.7. The Morgan fingerprint density at radius 3 is 2.59 bits per heavy atom. The zero-order chi connectivity index (χ0) is 26.0. The molecule has 2 aromatic carbocycles. The minimum absolute atomic E-state index is 0.114. The summed E-state index contributed by atoms with van der Waals surface area (Å²) in [5.41, 5.74) is 2.59. The van der Waals surface area contributed by atoms with E-state index in [2.05, 4.69) is 10.3 Å². The number of fused-ring (bicyclic) bond motifs is 1. The highest BCUT2D eigenvalue weighted by molar-refractivity contribution is 8.02. The van der Waals surface area contributed by atoms with Crippen LogP contribution in [0.1, 0.15) is 47.6 Å². The number of para-hydroxylation sites is 1. The Balaban J connectivity index is 1.50. The highest BCUT2D eigenvalue weighted by Crippen LogP contribution is 2.37. The van der Waals surface area contributed by atoms with Crippen LogP contribution in [0.3, 0.4) is 0 Å². The normalized spacial score (nSPS) is 15.2. The Morgan fingerprint density at radius 1 is 1.05 bits per heavy atom. The third kappa shape index (κ3) is 5.39. The number of benzene rings is 2. The Kier molecular flexibility index (Phi) is 6.76. The fourth-order valence-corrected chi connectivity index (χ4v) is 4.98. The Hall–Kier alpha value is -4.04. The summed E-state index contributed by atoms with van der Waals surface area (Å²) in [7, 11) is 0. The number of hydrogen-bond acceptors (Lipinski definition) is 7. The average molecular weight is 514 g/mol. The van der Waals surface area contributed by atoms with E-state index >= 15 is 0 Å². The first-order valence-corrected chi connectivity index (χ1v) is 12.9. The molecule has 0 saturated carbocycles. The van der Waals surface area contributed by atoms with Crippen molar-refractivity contribution in [2.45, 2.75) is 38.4 Å². The fraction of sp³-hybridized carbons (Fsp3) is 0.207. The van der Waals surface area contributed by atoms with Gasteiger partial charge < -0.3 is 14.8 Å². The second kappa shape index (κ2) is 10.1. The number of ether oxygens (including phenoxy) is 2. The summed E-state index contributed by atoms with van der Waals surface area (Å²) < 4.78 is 13.2. The van der Waals surface area contributed by atoms with Gasteiger partial charge >= 0.3 is 6.09 Å². The molecule has 188 valence electrons. The van der Waals surface area contributed by atoms with E-state index in [0.29, 0.717) is 34.5 Å². The fourth-order valence-electron chi connectivity index (χ4n) is 4.04. The van der Waals surface area contributed by atoms with Crippen LogP contribution in [-0.4, -0.2) is 27.0 Å². The lowest BCUT2D eigenvalue weighted by atomic mass is 10.1. The van der Waals surface area contributed by atoms with Gasteiger partial charge in [-0.15, -0.1) is 11.8 Å². The third-order valence-corrected chi connectivity index (χ3v) is 6.73. The number of aromatic nitrogens is 2. The lowest BCUT2D eigenvalue weighted by Gasteiger charge is -2.20. The number of ketones is 1. The quantitative estimate of drug-likeness (QED) is 0.296. The van der Waals surface area contributed by atoms with E-state index in [1.54, 1.807) is 45.4 Å². The molecule has 1 aliphatic heterocycles. The lowest BCUT2D eigenvalue weighted by molar-refractivity contribution is 0.0543. The molecule has 7 nitrogen and oxygen atoms in total. The molecule has 0 radical (unpaired) electrons. The van der Waals surface area contributed by atoms with Gasteiger partial charge in [0, 0.05) is 34.9 Å². The molecule has 0 bridgehead atoms. The molecular weight excluding hydrogens is 486 g/mol. The van der Waals surface area contributed by atoms with E-state index in [-0.39, 0.29) is 11.2 Å². The predicted molar refractivity (Wildman–Crippen MR) is 144 cm³/mol. The highest BCUT2D eigenvalue weighted by atomic mass is 32.2. The van der Waals surface area contributed by atoms with Gasteiger partial charge in [-0.05, 0) is 38.5 Å². The first-order valence-electron chi connectivity index (χ1n) is 11.9. The molecule has 1 atom stereocenters. The largest absolute Gasteiger partial charge is 0.487 e. The molecule has 1 aliphatic rings. The van der Waals surface area contributed by atoms with E-state index in [0.717, 1.165) is 11.1 Å².